The zero-order chi connectivity index (χ0) is 31.1. The molecule has 222 valence electrons. The van der Waals surface area contributed by atoms with Crippen molar-refractivity contribution in [2.75, 3.05) is 16.8 Å². The number of hydrogen-bond donors (Lipinski definition) is 0. The van der Waals surface area contributed by atoms with Gasteiger partial charge in [-0.15, -0.1) is 0 Å². The Labute approximate surface area is 264 Å². The van der Waals surface area contributed by atoms with Gasteiger partial charge in [-0.25, -0.2) is 4.39 Å². The zero-order valence-corrected chi connectivity index (χ0v) is 26.0. The summed E-state index contributed by atoms with van der Waals surface area (Å²) in [7, 11) is 2.02. The number of hydrogen-bond acceptors (Lipinski definition) is 3. The average molecular weight is 591 g/mol. The van der Waals surface area contributed by atoms with Crippen LogP contribution >= 0.6 is 0 Å². The predicted molar refractivity (Wildman–Crippen MR) is 184 cm³/mol. The number of benzene rings is 6. The minimum Gasteiger partial charge on any atom is -0.457 e. The quantitative estimate of drug-likeness (QED) is 0.184. The summed E-state index contributed by atoms with van der Waals surface area (Å²) >= 11 is 0. The highest BCUT2D eigenvalue weighted by molar-refractivity contribution is 5.87. The summed E-state index contributed by atoms with van der Waals surface area (Å²) in [6, 6.07) is 46.9. The van der Waals surface area contributed by atoms with Gasteiger partial charge in [-0.2, -0.15) is 0 Å². The van der Waals surface area contributed by atoms with Crippen LogP contribution in [0.5, 0.6) is 11.5 Å². The molecule has 0 N–H and O–H groups in total. The molecule has 1 aliphatic rings. The summed E-state index contributed by atoms with van der Waals surface area (Å²) < 4.78 is 19.7. The monoisotopic (exact) mass is 590 g/mol. The summed E-state index contributed by atoms with van der Waals surface area (Å²) in [5.41, 5.74) is 11.3. The summed E-state index contributed by atoms with van der Waals surface area (Å²) in [4.78, 5) is 4.40. The van der Waals surface area contributed by atoms with Crippen LogP contribution in [0.3, 0.4) is 0 Å². The zero-order valence-electron chi connectivity index (χ0n) is 26.0. The fourth-order valence-electron chi connectivity index (χ4n) is 6.30. The fourth-order valence-corrected chi connectivity index (χ4v) is 6.30. The molecular weight excluding hydrogens is 555 g/mol. The third-order valence-corrected chi connectivity index (χ3v) is 8.87. The van der Waals surface area contributed by atoms with E-state index in [1.165, 1.54) is 39.9 Å². The molecular formula is C41H35FN2O. The van der Waals surface area contributed by atoms with Crippen molar-refractivity contribution in [2.45, 2.75) is 26.2 Å². The number of para-hydroxylation sites is 1. The molecule has 6 aromatic carbocycles. The first-order valence-electron chi connectivity index (χ1n) is 15.3. The van der Waals surface area contributed by atoms with Crippen LogP contribution in [0.2, 0.25) is 0 Å². The molecule has 0 bridgehead atoms. The number of aryl methyl sites for hydroxylation is 1. The molecule has 4 heteroatoms. The Balaban J connectivity index is 1.23. The van der Waals surface area contributed by atoms with E-state index in [1.54, 1.807) is 0 Å². The lowest BCUT2D eigenvalue weighted by molar-refractivity contribution is 0.482. The molecule has 0 atom stereocenters. The second kappa shape index (κ2) is 11.3. The molecule has 6 aromatic rings. The van der Waals surface area contributed by atoms with Crippen LogP contribution < -0.4 is 14.5 Å². The van der Waals surface area contributed by atoms with E-state index < -0.39 is 0 Å². The summed E-state index contributed by atoms with van der Waals surface area (Å²) in [6.07, 6.45) is 0. The van der Waals surface area contributed by atoms with Crippen molar-refractivity contribution in [3.63, 3.8) is 0 Å². The van der Waals surface area contributed by atoms with Crippen LogP contribution in [0.25, 0.3) is 11.1 Å². The van der Waals surface area contributed by atoms with Gasteiger partial charge < -0.3 is 14.5 Å². The van der Waals surface area contributed by atoms with Gasteiger partial charge in [0.1, 0.15) is 17.3 Å². The van der Waals surface area contributed by atoms with Crippen LogP contribution in [-0.2, 0) is 5.41 Å². The molecule has 7 rings (SSSR count). The number of rotatable bonds is 7. The molecule has 0 amide bonds. The van der Waals surface area contributed by atoms with Crippen molar-refractivity contribution in [3.05, 3.63) is 162 Å². The lowest BCUT2D eigenvalue weighted by Crippen LogP contribution is -2.17. The van der Waals surface area contributed by atoms with Crippen molar-refractivity contribution < 1.29 is 9.13 Å². The molecule has 0 spiro atoms. The standard InChI is InChI=1S/C41H35FN2O/c1-28-10-20-35(21-11-28)45-36-22-16-32(17-23-36)44(31-8-6-5-7-9-31)34-19-25-38-37-24-18-33(26-39(37)41(2,3)40(38)27-34)43(4)30-14-12-29(42)13-15-30/h5-27H,1-4H3. The van der Waals surface area contributed by atoms with E-state index >= 15 is 0 Å². The number of fused-ring (bicyclic) bond motifs is 3. The highest BCUT2D eigenvalue weighted by Crippen LogP contribution is 2.51. The van der Waals surface area contributed by atoms with Crippen molar-refractivity contribution in [3.8, 4) is 22.6 Å². The Morgan fingerprint density at radius 1 is 0.533 bits per heavy atom. The van der Waals surface area contributed by atoms with E-state index in [1.807, 2.05) is 49.5 Å². The molecule has 3 nitrogen and oxygen atoms in total. The number of ether oxygens (including phenoxy) is 1. The molecule has 0 saturated heterocycles. The molecule has 0 radical (unpaired) electrons. The van der Waals surface area contributed by atoms with Gasteiger partial charge in [0.25, 0.3) is 0 Å². The normalized spacial score (nSPS) is 12.7. The van der Waals surface area contributed by atoms with E-state index in [0.29, 0.717) is 0 Å². The van der Waals surface area contributed by atoms with Gasteiger partial charge in [0, 0.05) is 40.9 Å². The van der Waals surface area contributed by atoms with Crippen LogP contribution in [0.4, 0.5) is 32.8 Å². The van der Waals surface area contributed by atoms with E-state index in [4.69, 9.17) is 4.74 Å². The van der Waals surface area contributed by atoms with Crippen LogP contribution in [-0.4, -0.2) is 7.05 Å². The van der Waals surface area contributed by atoms with Gasteiger partial charge in [0.15, 0.2) is 0 Å². The summed E-state index contributed by atoms with van der Waals surface area (Å²) in [6.45, 7) is 6.67. The highest BCUT2D eigenvalue weighted by Gasteiger charge is 2.36. The second-order valence-electron chi connectivity index (χ2n) is 12.2. The van der Waals surface area contributed by atoms with E-state index in [-0.39, 0.29) is 11.2 Å². The van der Waals surface area contributed by atoms with E-state index in [0.717, 1.165) is 39.9 Å². The lowest BCUT2D eigenvalue weighted by atomic mass is 9.82. The van der Waals surface area contributed by atoms with Crippen LogP contribution in [0, 0.1) is 12.7 Å². The van der Waals surface area contributed by atoms with Crippen molar-refractivity contribution >= 4 is 28.4 Å². The topological polar surface area (TPSA) is 15.7 Å². The summed E-state index contributed by atoms with van der Waals surface area (Å²) in [5, 5.41) is 0. The second-order valence-corrected chi connectivity index (χ2v) is 12.2. The van der Waals surface area contributed by atoms with Crippen molar-refractivity contribution in [2.24, 2.45) is 0 Å². The van der Waals surface area contributed by atoms with Crippen LogP contribution in [0.15, 0.2) is 140 Å². The number of halogens is 1. The molecule has 1 aliphatic carbocycles. The Morgan fingerprint density at radius 3 is 1.64 bits per heavy atom. The van der Waals surface area contributed by atoms with Crippen molar-refractivity contribution in [1.82, 2.24) is 0 Å². The smallest absolute Gasteiger partial charge is 0.127 e. The van der Waals surface area contributed by atoms with Gasteiger partial charge in [-0.05, 0) is 126 Å². The molecule has 0 heterocycles. The largest absolute Gasteiger partial charge is 0.457 e. The average Bonchev–Trinajstić information content (AvgIpc) is 3.29. The number of nitrogens with zero attached hydrogens (tertiary/aromatic N) is 2. The Morgan fingerprint density at radius 2 is 1.02 bits per heavy atom. The van der Waals surface area contributed by atoms with Gasteiger partial charge in [0.2, 0.25) is 0 Å². The van der Waals surface area contributed by atoms with Gasteiger partial charge in [-0.3, -0.25) is 0 Å². The van der Waals surface area contributed by atoms with Gasteiger partial charge in [-0.1, -0.05) is 61.9 Å². The fraction of sp³-hybridized carbons (Fsp3) is 0.122. The SMILES string of the molecule is Cc1ccc(Oc2ccc(N(c3ccccc3)c3ccc4c(c3)C(C)(C)c3cc(N(C)c5ccc(F)cc5)ccc3-4)cc2)cc1. The molecule has 0 unspecified atom stereocenters. The first kappa shape index (κ1) is 28.4. The predicted octanol–water partition coefficient (Wildman–Crippen LogP) is 11.5. The van der Waals surface area contributed by atoms with E-state index in [9.17, 15) is 4.39 Å². The third kappa shape index (κ3) is 5.33. The van der Waals surface area contributed by atoms with Crippen LogP contribution in [0.1, 0.15) is 30.5 Å². The molecule has 0 aromatic heterocycles. The van der Waals surface area contributed by atoms with Crippen molar-refractivity contribution in [1.29, 1.82) is 0 Å². The number of anilines is 5. The van der Waals surface area contributed by atoms with Gasteiger partial charge >= 0.3 is 0 Å². The Hall–Kier alpha value is -5.35. The Bertz CT molecular complexity index is 1970. The molecule has 0 aliphatic heterocycles. The first-order valence-corrected chi connectivity index (χ1v) is 15.3. The highest BCUT2D eigenvalue weighted by atomic mass is 19.1. The molecule has 45 heavy (non-hydrogen) atoms. The minimum atomic E-state index is -0.232. The molecule has 0 saturated carbocycles. The maximum absolute atomic E-state index is 13.6. The maximum atomic E-state index is 13.6. The summed E-state index contributed by atoms with van der Waals surface area (Å²) in [5.74, 6) is 1.38. The third-order valence-electron chi connectivity index (χ3n) is 8.87. The first-order chi connectivity index (χ1) is 21.8. The van der Waals surface area contributed by atoms with Gasteiger partial charge in [0.05, 0.1) is 0 Å². The Kier molecular flexibility index (Phi) is 7.13. The van der Waals surface area contributed by atoms with E-state index in [2.05, 4.69) is 116 Å². The maximum Gasteiger partial charge on any atom is 0.127 e. The molecule has 0 fully saturated rings. The minimum absolute atomic E-state index is 0.214. The lowest BCUT2D eigenvalue weighted by Gasteiger charge is -2.28.